The number of halogens is 2. The Morgan fingerprint density at radius 2 is 1.71 bits per heavy atom. The van der Waals surface area contributed by atoms with Crippen molar-refractivity contribution in [1.29, 1.82) is 0 Å². The molecule has 21 heavy (non-hydrogen) atoms. The van der Waals surface area contributed by atoms with Gasteiger partial charge in [0.2, 0.25) is 0 Å². The second-order valence-corrected chi connectivity index (χ2v) is 4.66. The first-order chi connectivity index (χ1) is 10.1. The molecule has 0 amide bonds. The van der Waals surface area contributed by atoms with Crippen molar-refractivity contribution in [3.8, 4) is 5.69 Å². The Bertz CT molecular complexity index is 870. The summed E-state index contributed by atoms with van der Waals surface area (Å²) in [6.45, 7) is 1.87. The Morgan fingerprint density at radius 1 is 1.05 bits per heavy atom. The summed E-state index contributed by atoms with van der Waals surface area (Å²) in [6, 6.07) is 9.49. The third-order valence-corrected chi connectivity index (χ3v) is 3.30. The quantitative estimate of drug-likeness (QED) is 0.725. The van der Waals surface area contributed by atoms with E-state index in [4.69, 9.17) is 0 Å². The van der Waals surface area contributed by atoms with Crippen LogP contribution in [0.15, 0.2) is 47.3 Å². The van der Waals surface area contributed by atoms with Gasteiger partial charge in [-0.3, -0.25) is 9.36 Å². The normalized spacial score (nSPS) is 11.0. The maximum atomic E-state index is 13.4. The molecule has 0 saturated heterocycles. The molecule has 0 aliphatic heterocycles. The van der Waals surface area contributed by atoms with Gasteiger partial charge in [0.25, 0.3) is 5.56 Å². The van der Waals surface area contributed by atoms with Gasteiger partial charge in [-0.25, -0.2) is 13.8 Å². The predicted molar refractivity (Wildman–Crippen MR) is 76.6 cm³/mol. The molecule has 0 spiro atoms. The van der Waals surface area contributed by atoms with Crippen molar-refractivity contribution >= 4 is 10.9 Å². The number of nitrogens with zero attached hydrogens (tertiary/aromatic N) is 2. The Morgan fingerprint density at radius 3 is 2.38 bits per heavy atom. The van der Waals surface area contributed by atoms with E-state index in [1.807, 2.05) is 6.92 Å². The maximum absolute atomic E-state index is 13.4. The minimum atomic E-state index is -0.490. The third-order valence-electron chi connectivity index (χ3n) is 3.30. The molecule has 0 fully saturated rings. The summed E-state index contributed by atoms with van der Waals surface area (Å²) >= 11 is 0. The Hall–Kier alpha value is -2.56. The molecular formula is C16H12F2N2O. The first-order valence-electron chi connectivity index (χ1n) is 6.57. The molecule has 1 aromatic heterocycles. The molecule has 3 nitrogen and oxygen atoms in total. The van der Waals surface area contributed by atoms with Crippen molar-refractivity contribution in [3.05, 3.63) is 70.3 Å². The number of aryl methyl sites for hydroxylation is 1. The lowest BCUT2D eigenvalue weighted by Crippen LogP contribution is -2.23. The highest BCUT2D eigenvalue weighted by atomic mass is 19.1. The first kappa shape index (κ1) is 13.4. The zero-order chi connectivity index (χ0) is 15.0. The highest BCUT2D eigenvalue weighted by Crippen LogP contribution is 2.15. The number of hydrogen-bond donors (Lipinski definition) is 0. The van der Waals surface area contributed by atoms with Crippen LogP contribution in [-0.2, 0) is 6.42 Å². The average Bonchev–Trinajstić information content (AvgIpc) is 2.49. The van der Waals surface area contributed by atoms with Crippen LogP contribution in [0.2, 0.25) is 0 Å². The van der Waals surface area contributed by atoms with Gasteiger partial charge in [-0.1, -0.05) is 6.92 Å². The molecule has 2 aromatic carbocycles. The summed E-state index contributed by atoms with van der Waals surface area (Å²) in [7, 11) is 0. The fraction of sp³-hybridized carbons (Fsp3) is 0.125. The zero-order valence-electron chi connectivity index (χ0n) is 11.3. The monoisotopic (exact) mass is 286 g/mol. The lowest BCUT2D eigenvalue weighted by Gasteiger charge is -2.12. The highest BCUT2D eigenvalue weighted by molar-refractivity contribution is 5.78. The summed E-state index contributed by atoms with van der Waals surface area (Å²) in [5.74, 6) is -0.327. The van der Waals surface area contributed by atoms with Crippen molar-refractivity contribution in [2.75, 3.05) is 0 Å². The summed E-state index contributed by atoms with van der Waals surface area (Å²) < 4.78 is 27.8. The second kappa shape index (κ2) is 5.09. The van der Waals surface area contributed by atoms with Crippen molar-refractivity contribution in [2.45, 2.75) is 13.3 Å². The van der Waals surface area contributed by atoms with Crippen LogP contribution >= 0.6 is 0 Å². The summed E-state index contributed by atoms with van der Waals surface area (Å²) in [5, 5.41) is 0.205. The van der Waals surface area contributed by atoms with Crippen molar-refractivity contribution in [3.63, 3.8) is 0 Å². The van der Waals surface area contributed by atoms with Crippen LogP contribution in [-0.4, -0.2) is 9.55 Å². The summed E-state index contributed by atoms with van der Waals surface area (Å²) in [5.41, 5.74) is 0.608. The van der Waals surface area contributed by atoms with Crippen LogP contribution in [0.3, 0.4) is 0 Å². The van der Waals surface area contributed by atoms with Gasteiger partial charge in [0.05, 0.1) is 16.6 Å². The number of aromatic nitrogens is 2. The zero-order valence-corrected chi connectivity index (χ0v) is 11.3. The SMILES string of the molecule is CCc1nc2ccc(F)cc2c(=O)n1-c1ccc(F)cc1. The first-order valence-corrected chi connectivity index (χ1v) is 6.57. The van der Waals surface area contributed by atoms with Gasteiger partial charge in [0.1, 0.15) is 17.5 Å². The fourth-order valence-corrected chi connectivity index (χ4v) is 2.30. The van der Waals surface area contributed by atoms with E-state index in [-0.39, 0.29) is 16.8 Å². The Labute approximate surface area is 119 Å². The van der Waals surface area contributed by atoms with Crippen LogP contribution in [0, 0.1) is 11.6 Å². The van der Waals surface area contributed by atoms with Crippen LogP contribution in [0.4, 0.5) is 8.78 Å². The molecule has 5 heteroatoms. The minimum Gasteiger partial charge on any atom is -0.268 e. The van der Waals surface area contributed by atoms with Crippen LogP contribution in [0.5, 0.6) is 0 Å². The third kappa shape index (κ3) is 2.31. The molecule has 3 rings (SSSR count). The minimum absolute atomic E-state index is 0.205. The van der Waals surface area contributed by atoms with Gasteiger partial charge < -0.3 is 0 Å². The van der Waals surface area contributed by atoms with Gasteiger partial charge in [0.15, 0.2) is 0 Å². The number of benzene rings is 2. The molecule has 0 N–H and O–H groups in total. The van der Waals surface area contributed by atoms with Crippen molar-refractivity contribution < 1.29 is 8.78 Å². The largest absolute Gasteiger partial charge is 0.268 e. The fourth-order valence-electron chi connectivity index (χ4n) is 2.30. The molecule has 106 valence electrons. The topological polar surface area (TPSA) is 34.9 Å². The lowest BCUT2D eigenvalue weighted by atomic mass is 10.2. The lowest BCUT2D eigenvalue weighted by molar-refractivity contribution is 0.627. The van der Waals surface area contributed by atoms with E-state index in [1.54, 1.807) is 0 Å². The second-order valence-electron chi connectivity index (χ2n) is 4.66. The summed E-state index contributed by atoms with van der Waals surface area (Å²) in [6.07, 6.45) is 0.528. The number of fused-ring (bicyclic) bond motifs is 1. The standard InChI is InChI=1S/C16H12F2N2O/c1-2-15-19-14-8-5-11(18)9-13(14)16(21)20(15)12-6-3-10(17)4-7-12/h3-9H,2H2,1H3. The van der Waals surface area contributed by atoms with Gasteiger partial charge >= 0.3 is 0 Å². The van der Waals surface area contributed by atoms with Crippen LogP contribution in [0.25, 0.3) is 16.6 Å². The van der Waals surface area contributed by atoms with E-state index in [1.165, 1.54) is 47.0 Å². The molecule has 0 aliphatic rings. The van der Waals surface area contributed by atoms with E-state index in [9.17, 15) is 13.6 Å². The van der Waals surface area contributed by atoms with E-state index in [2.05, 4.69) is 4.98 Å². The van der Waals surface area contributed by atoms with Crippen molar-refractivity contribution in [1.82, 2.24) is 9.55 Å². The van der Waals surface area contributed by atoms with Gasteiger partial charge in [-0.15, -0.1) is 0 Å². The Balaban J connectivity index is 2.37. The number of hydrogen-bond acceptors (Lipinski definition) is 2. The Kier molecular flexibility index (Phi) is 3.25. The number of rotatable bonds is 2. The maximum Gasteiger partial charge on any atom is 0.266 e. The highest BCUT2D eigenvalue weighted by Gasteiger charge is 2.12. The molecule has 0 unspecified atom stereocenters. The molecule has 0 atom stereocenters. The van der Waals surface area contributed by atoms with Gasteiger partial charge in [-0.2, -0.15) is 0 Å². The van der Waals surface area contributed by atoms with E-state index in [0.29, 0.717) is 23.4 Å². The molecule has 0 radical (unpaired) electrons. The average molecular weight is 286 g/mol. The van der Waals surface area contributed by atoms with Gasteiger partial charge in [-0.05, 0) is 42.5 Å². The van der Waals surface area contributed by atoms with E-state index >= 15 is 0 Å². The van der Waals surface area contributed by atoms with Crippen LogP contribution < -0.4 is 5.56 Å². The molecule has 0 saturated carbocycles. The van der Waals surface area contributed by atoms with E-state index < -0.39 is 5.82 Å². The van der Waals surface area contributed by atoms with Gasteiger partial charge in [0, 0.05) is 6.42 Å². The van der Waals surface area contributed by atoms with E-state index in [0.717, 1.165) is 0 Å². The molecular weight excluding hydrogens is 274 g/mol. The van der Waals surface area contributed by atoms with Crippen LogP contribution in [0.1, 0.15) is 12.7 Å². The molecule has 0 bridgehead atoms. The molecule has 3 aromatic rings. The molecule has 0 aliphatic carbocycles. The molecule has 1 heterocycles. The summed E-state index contributed by atoms with van der Waals surface area (Å²) in [4.78, 5) is 17.0. The smallest absolute Gasteiger partial charge is 0.266 e. The predicted octanol–water partition coefficient (Wildman–Crippen LogP) is 3.23. The van der Waals surface area contributed by atoms with Crippen molar-refractivity contribution in [2.24, 2.45) is 0 Å².